The van der Waals surface area contributed by atoms with E-state index in [1.807, 2.05) is 6.92 Å². The Kier molecular flexibility index (Phi) is 7.00. The molecule has 1 aromatic heterocycles. The lowest BCUT2D eigenvalue weighted by Crippen LogP contribution is -2.45. The number of nitrogens with zero attached hydrogens (tertiary/aromatic N) is 1. The fourth-order valence-electron chi connectivity index (χ4n) is 2.39. The molecule has 0 saturated heterocycles. The van der Waals surface area contributed by atoms with E-state index < -0.39 is 24.3 Å². The van der Waals surface area contributed by atoms with Gasteiger partial charge in [-0.2, -0.15) is 0 Å². The first-order valence-electron chi connectivity index (χ1n) is 8.41. The van der Waals surface area contributed by atoms with Gasteiger partial charge in [-0.3, -0.25) is 4.79 Å². The third-order valence-electron chi connectivity index (χ3n) is 4.02. The van der Waals surface area contributed by atoms with Crippen LogP contribution in [-0.2, 0) is 16.0 Å². The number of halogens is 3. The summed E-state index contributed by atoms with van der Waals surface area (Å²) < 4.78 is 40.4. The number of carbonyl (C=O) groups is 2. The molecule has 0 aliphatic carbocycles. The summed E-state index contributed by atoms with van der Waals surface area (Å²) in [4.78, 5) is 27.7. The van der Waals surface area contributed by atoms with Gasteiger partial charge in [-0.05, 0) is 30.2 Å². The lowest BCUT2D eigenvalue weighted by molar-refractivity contribution is -0.274. The van der Waals surface area contributed by atoms with E-state index in [2.05, 4.69) is 15.0 Å². The lowest BCUT2D eigenvalue weighted by atomic mass is 9.99. The molecule has 152 valence electrons. The van der Waals surface area contributed by atoms with E-state index in [1.165, 1.54) is 35.6 Å². The van der Waals surface area contributed by atoms with Crippen LogP contribution in [0, 0.1) is 5.92 Å². The fourth-order valence-corrected chi connectivity index (χ4v) is 3.22. The van der Waals surface area contributed by atoms with Crippen molar-refractivity contribution in [1.82, 2.24) is 10.3 Å². The number of ether oxygens (including phenoxy) is 1. The van der Waals surface area contributed by atoms with Crippen LogP contribution >= 0.6 is 11.3 Å². The quantitative estimate of drug-likeness (QED) is 0.682. The van der Waals surface area contributed by atoms with Crippen LogP contribution < -0.4 is 10.1 Å². The Morgan fingerprint density at radius 2 is 1.93 bits per heavy atom. The highest BCUT2D eigenvalue weighted by atomic mass is 32.1. The molecule has 2 rings (SSSR count). The first kappa shape index (κ1) is 21.7. The maximum atomic E-state index is 12.2. The number of thiazole rings is 1. The molecular formula is C18H19F3N2O4S. The lowest BCUT2D eigenvalue weighted by Gasteiger charge is -2.19. The second-order valence-electron chi connectivity index (χ2n) is 6.16. The van der Waals surface area contributed by atoms with Crippen LogP contribution in [0.1, 0.15) is 26.0 Å². The molecule has 2 N–H and O–H groups in total. The summed E-state index contributed by atoms with van der Waals surface area (Å²) in [6.07, 6.45) is -4.25. The summed E-state index contributed by atoms with van der Waals surface area (Å²) in [7, 11) is 0. The molecule has 2 aromatic rings. The van der Waals surface area contributed by atoms with Crippen molar-refractivity contribution in [3.05, 3.63) is 35.3 Å². The molecule has 0 aliphatic heterocycles. The Morgan fingerprint density at radius 3 is 2.46 bits per heavy atom. The van der Waals surface area contributed by atoms with E-state index in [9.17, 15) is 27.9 Å². The van der Waals surface area contributed by atoms with Crippen molar-refractivity contribution >= 4 is 23.2 Å². The molecule has 0 aliphatic rings. The summed E-state index contributed by atoms with van der Waals surface area (Å²) in [5.74, 6) is -2.11. The predicted octanol–water partition coefficient (Wildman–Crippen LogP) is 3.87. The summed E-state index contributed by atoms with van der Waals surface area (Å²) in [5.41, 5.74) is 1.02. The van der Waals surface area contributed by atoms with Crippen LogP contribution in [0.3, 0.4) is 0 Å². The van der Waals surface area contributed by atoms with Gasteiger partial charge in [0.1, 0.15) is 16.8 Å². The minimum atomic E-state index is -4.76. The summed E-state index contributed by atoms with van der Waals surface area (Å²) >= 11 is 1.23. The number of carboxylic acids is 1. The van der Waals surface area contributed by atoms with E-state index in [1.54, 1.807) is 12.3 Å². The molecule has 0 radical (unpaired) electrons. The van der Waals surface area contributed by atoms with Gasteiger partial charge in [-0.1, -0.05) is 20.3 Å². The zero-order chi connectivity index (χ0) is 20.9. The van der Waals surface area contributed by atoms with E-state index >= 15 is 0 Å². The average molecular weight is 416 g/mol. The minimum absolute atomic E-state index is 0.0913. The van der Waals surface area contributed by atoms with Gasteiger partial charge in [0.05, 0.1) is 12.1 Å². The number of hydrogen-bond acceptors (Lipinski definition) is 5. The van der Waals surface area contributed by atoms with Gasteiger partial charge >= 0.3 is 12.3 Å². The summed E-state index contributed by atoms with van der Waals surface area (Å²) in [6, 6.07) is 4.26. The smallest absolute Gasteiger partial charge is 0.480 e. The molecular weight excluding hydrogens is 397 g/mol. The van der Waals surface area contributed by atoms with Crippen molar-refractivity contribution in [3.8, 4) is 16.3 Å². The maximum absolute atomic E-state index is 12.2. The Labute approximate surface area is 163 Å². The first-order valence-corrected chi connectivity index (χ1v) is 9.29. The monoisotopic (exact) mass is 416 g/mol. The van der Waals surface area contributed by atoms with Gasteiger partial charge in [0.2, 0.25) is 5.91 Å². The molecule has 28 heavy (non-hydrogen) atoms. The molecule has 0 saturated carbocycles. The van der Waals surface area contributed by atoms with Crippen molar-refractivity contribution in [2.24, 2.45) is 5.92 Å². The molecule has 0 fully saturated rings. The highest BCUT2D eigenvalue weighted by Gasteiger charge is 2.31. The number of alkyl halides is 3. The Morgan fingerprint density at radius 1 is 1.29 bits per heavy atom. The number of amides is 1. The first-order chi connectivity index (χ1) is 13.1. The predicted molar refractivity (Wildman–Crippen MR) is 97.0 cm³/mol. The van der Waals surface area contributed by atoms with Crippen LogP contribution in [0.15, 0.2) is 29.6 Å². The van der Waals surface area contributed by atoms with Gasteiger partial charge in [-0.15, -0.1) is 24.5 Å². The van der Waals surface area contributed by atoms with E-state index in [4.69, 9.17) is 0 Å². The van der Waals surface area contributed by atoms with Gasteiger partial charge in [0.25, 0.3) is 0 Å². The highest BCUT2D eigenvalue weighted by molar-refractivity contribution is 7.13. The Balaban J connectivity index is 2.01. The summed E-state index contributed by atoms with van der Waals surface area (Å²) in [6.45, 7) is 3.58. The fraction of sp³-hybridized carbons (Fsp3) is 0.389. The van der Waals surface area contributed by atoms with Crippen molar-refractivity contribution in [2.45, 2.75) is 39.1 Å². The number of nitrogens with one attached hydrogen (secondary N) is 1. The van der Waals surface area contributed by atoms with Crippen LogP contribution in [0.5, 0.6) is 5.75 Å². The average Bonchev–Trinajstić information content (AvgIpc) is 3.06. The van der Waals surface area contributed by atoms with Crippen molar-refractivity contribution < 1.29 is 32.6 Å². The van der Waals surface area contributed by atoms with Gasteiger partial charge in [-0.25, -0.2) is 9.78 Å². The SMILES string of the molecule is CC[C@@H](C)[C@H](NC(=O)Cc1csc(-c2ccc(OC(F)(F)F)cc2)n1)C(=O)O. The van der Waals surface area contributed by atoms with Crippen LogP contribution in [0.2, 0.25) is 0 Å². The number of carbonyl (C=O) groups excluding carboxylic acids is 1. The number of rotatable bonds is 8. The van der Waals surface area contributed by atoms with E-state index in [0.29, 0.717) is 22.7 Å². The zero-order valence-corrected chi connectivity index (χ0v) is 15.9. The Bertz CT molecular complexity index is 821. The molecule has 1 aromatic carbocycles. The minimum Gasteiger partial charge on any atom is -0.480 e. The molecule has 2 atom stereocenters. The second-order valence-corrected chi connectivity index (χ2v) is 7.02. The third-order valence-corrected chi connectivity index (χ3v) is 4.96. The normalized spacial score (nSPS) is 13.6. The number of aromatic nitrogens is 1. The van der Waals surface area contributed by atoms with Crippen molar-refractivity contribution in [1.29, 1.82) is 0 Å². The Hall–Kier alpha value is -2.62. The third kappa shape index (κ3) is 6.22. The molecule has 0 bridgehead atoms. The molecule has 6 nitrogen and oxygen atoms in total. The number of benzene rings is 1. The number of aliphatic carboxylic acids is 1. The van der Waals surface area contributed by atoms with Gasteiger partial charge < -0.3 is 15.2 Å². The van der Waals surface area contributed by atoms with Crippen LogP contribution in [0.4, 0.5) is 13.2 Å². The number of hydrogen-bond donors (Lipinski definition) is 2. The zero-order valence-electron chi connectivity index (χ0n) is 15.1. The largest absolute Gasteiger partial charge is 0.573 e. The standard InChI is InChI=1S/C18H19F3N2O4S/c1-3-10(2)15(17(25)26)23-14(24)8-12-9-28-16(22-12)11-4-6-13(7-5-11)27-18(19,20)21/h4-7,9-10,15H,3,8H2,1-2H3,(H,23,24)(H,25,26)/t10-,15+/m1/s1. The molecule has 10 heteroatoms. The van der Waals surface area contributed by atoms with E-state index in [0.717, 1.165) is 0 Å². The van der Waals surface area contributed by atoms with E-state index in [-0.39, 0.29) is 18.1 Å². The van der Waals surface area contributed by atoms with Crippen molar-refractivity contribution in [2.75, 3.05) is 0 Å². The second kappa shape index (κ2) is 9.05. The molecule has 0 unspecified atom stereocenters. The van der Waals surface area contributed by atoms with Gasteiger partial charge in [0.15, 0.2) is 0 Å². The topological polar surface area (TPSA) is 88.5 Å². The maximum Gasteiger partial charge on any atom is 0.573 e. The van der Waals surface area contributed by atoms with Crippen LogP contribution in [-0.4, -0.2) is 34.4 Å². The van der Waals surface area contributed by atoms with Crippen molar-refractivity contribution in [3.63, 3.8) is 0 Å². The van der Waals surface area contributed by atoms with Crippen LogP contribution in [0.25, 0.3) is 10.6 Å². The summed E-state index contributed by atoms with van der Waals surface area (Å²) in [5, 5.41) is 13.9. The number of carboxylic acid groups (broad SMARTS) is 1. The van der Waals surface area contributed by atoms with Gasteiger partial charge in [0, 0.05) is 10.9 Å². The molecule has 1 heterocycles. The molecule has 1 amide bonds. The highest BCUT2D eigenvalue weighted by Crippen LogP contribution is 2.28. The molecule has 0 spiro atoms.